The predicted octanol–water partition coefficient (Wildman–Crippen LogP) is 3.03. The molecule has 1 aliphatic rings. The Kier molecular flexibility index (Phi) is 3.12. The fraction of sp³-hybridized carbons (Fsp3) is 0.111. The molecule has 0 saturated heterocycles. The summed E-state index contributed by atoms with van der Waals surface area (Å²) in [4.78, 5) is 12.4. The highest BCUT2D eigenvalue weighted by Gasteiger charge is 2.29. The summed E-state index contributed by atoms with van der Waals surface area (Å²) in [5.74, 6) is 0.599. The van der Waals surface area contributed by atoms with Gasteiger partial charge in [-0.25, -0.2) is 4.68 Å². The zero-order valence-electron chi connectivity index (χ0n) is 12.7. The molecule has 4 rings (SSSR count). The number of anilines is 1. The Morgan fingerprint density at radius 3 is 2.52 bits per heavy atom. The van der Waals surface area contributed by atoms with Gasteiger partial charge in [0, 0.05) is 0 Å². The number of rotatable bonds is 2. The van der Waals surface area contributed by atoms with Crippen LogP contribution in [0.4, 0.5) is 5.82 Å². The lowest BCUT2D eigenvalue weighted by Gasteiger charge is -2.28. The van der Waals surface area contributed by atoms with Gasteiger partial charge in [-0.1, -0.05) is 42.5 Å². The van der Waals surface area contributed by atoms with Crippen molar-refractivity contribution < 1.29 is 4.79 Å². The lowest BCUT2D eigenvalue weighted by atomic mass is 10.0. The lowest BCUT2D eigenvalue weighted by molar-refractivity contribution is 0.0935. The molecule has 114 valence electrons. The van der Waals surface area contributed by atoms with Crippen LogP contribution >= 0.6 is 0 Å². The van der Waals surface area contributed by atoms with Gasteiger partial charge < -0.3 is 10.6 Å². The molecule has 2 heterocycles. The number of carbonyl (C=O) groups excluding carboxylic acids is 1. The van der Waals surface area contributed by atoms with E-state index < -0.39 is 0 Å². The highest BCUT2D eigenvalue weighted by Crippen LogP contribution is 2.29. The molecule has 5 heteroatoms. The van der Waals surface area contributed by atoms with Gasteiger partial charge in [0.2, 0.25) is 0 Å². The number of hydrogen-bond acceptors (Lipinski definition) is 3. The van der Waals surface area contributed by atoms with Crippen LogP contribution in [0.3, 0.4) is 0 Å². The van der Waals surface area contributed by atoms with Crippen LogP contribution in [-0.4, -0.2) is 15.7 Å². The first-order chi connectivity index (χ1) is 11.2. The van der Waals surface area contributed by atoms with Crippen LogP contribution in [-0.2, 0) is 0 Å². The summed E-state index contributed by atoms with van der Waals surface area (Å²) in [5, 5.41) is 10.8. The fourth-order valence-electron chi connectivity index (χ4n) is 2.87. The number of amides is 1. The van der Waals surface area contributed by atoms with Gasteiger partial charge in [0.05, 0.1) is 11.9 Å². The van der Waals surface area contributed by atoms with Crippen molar-refractivity contribution in [1.82, 2.24) is 15.1 Å². The summed E-state index contributed by atoms with van der Waals surface area (Å²) in [7, 11) is 0. The van der Waals surface area contributed by atoms with Crippen LogP contribution in [0.1, 0.15) is 27.7 Å². The number of aryl methyl sites for hydroxylation is 1. The van der Waals surface area contributed by atoms with Gasteiger partial charge >= 0.3 is 0 Å². The maximum atomic E-state index is 12.4. The summed E-state index contributed by atoms with van der Waals surface area (Å²) < 4.78 is 1.76. The van der Waals surface area contributed by atoms with E-state index in [9.17, 15) is 4.79 Å². The third kappa shape index (κ3) is 2.26. The SMILES string of the molecule is Cc1ccccc1C1NC(=O)c2cnn(-c3ccccc3)c2N1. The van der Waals surface area contributed by atoms with Gasteiger partial charge in [0.1, 0.15) is 17.5 Å². The Bertz CT molecular complexity index is 870. The molecule has 1 atom stereocenters. The smallest absolute Gasteiger partial charge is 0.258 e. The van der Waals surface area contributed by atoms with Crippen LogP contribution < -0.4 is 10.6 Å². The Morgan fingerprint density at radius 2 is 1.74 bits per heavy atom. The molecule has 0 saturated carbocycles. The van der Waals surface area contributed by atoms with E-state index in [2.05, 4.69) is 15.7 Å². The second kappa shape index (κ2) is 5.28. The summed E-state index contributed by atoms with van der Waals surface area (Å²) >= 11 is 0. The molecule has 0 spiro atoms. The number of aromatic nitrogens is 2. The summed E-state index contributed by atoms with van der Waals surface area (Å²) in [6.07, 6.45) is 1.33. The molecule has 0 radical (unpaired) electrons. The third-order valence-corrected chi connectivity index (χ3v) is 4.07. The van der Waals surface area contributed by atoms with Gasteiger partial charge in [-0.3, -0.25) is 4.79 Å². The van der Waals surface area contributed by atoms with E-state index in [0.717, 1.165) is 16.8 Å². The van der Waals surface area contributed by atoms with Crippen molar-refractivity contribution in [2.75, 3.05) is 5.32 Å². The summed E-state index contributed by atoms with van der Waals surface area (Å²) in [6.45, 7) is 2.03. The van der Waals surface area contributed by atoms with Gasteiger partial charge in [-0.15, -0.1) is 0 Å². The van der Waals surface area contributed by atoms with E-state index in [-0.39, 0.29) is 12.1 Å². The number of fused-ring (bicyclic) bond motifs is 1. The maximum absolute atomic E-state index is 12.4. The van der Waals surface area contributed by atoms with Gasteiger partial charge in [0.15, 0.2) is 0 Å². The first-order valence-electron chi connectivity index (χ1n) is 7.50. The molecule has 3 aromatic rings. The quantitative estimate of drug-likeness (QED) is 0.765. The maximum Gasteiger partial charge on any atom is 0.258 e. The van der Waals surface area contributed by atoms with Crippen molar-refractivity contribution in [3.63, 3.8) is 0 Å². The fourth-order valence-corrected chi connectivity index (χ4v) is 2.87. The molecule has 1 amide bonds. The predicted molar refractivity (Wildman–Crippen MR) is 88.6 cm³/mol. The minimum Gasteiger partial charge on any atom is -0.345 e. The number of para-hydroxylation sites is 1. The average molecular weight is 304 g/mol. The first kappa shape index (κ1) is 13.6. The van der Waals surface area contributed by atoms with E-state index in [1.54, 1.807) is 10.9 Å². The molecule has 0 fully saturated rings. The molecule has 5 nitrogen and oxygen atoms in total. The number of carbonyl (C=O) groups is 1. The van der Waals surface area contributed by atoms with Crippen molar-refractivity contribution in [3.8, 4) is 5.69 Å². The summed E-state index contributed by atoms with van der Waals surface area (Å²) in [5.41, 5.74) is 3.64. The van der Waals surface area contributed by atoms with E-state index in [0.29, 0.717) is 11.4 Å². The largest absolute Gasteiger partial charge is 0.345 e. The molecular weight excluding hydrogens is 288 g/mol. The van der Waals surface area contributed by atoms with Crippen LogP contribution in [0.2, 0.25) is 0 Å². The summed E-state index contributed by atoms with van der Waals surface area (Å²) in [6, 6.07) is 17.8. The van der Waals surface area contributed by atoms with E-state index in [1.807, 2.05) is 61.5 Å². The van der Waals surface area contributed by atoms with Crippen LogP contribution in [0.15, 0.2) is 60.8 Å². The van der Waals surface area contributed by atoms with Gasteiger partial charge in [-0.2, -0.15) is 5.10 Å². The van der Waals surface area contributed by atoms with E-state index in [1.165, 1.54) is 0 Å². The molecule has 2 aromatic carbocycles. The molecule has 0 bridgehead atoms. The topological polar surface area (TPSA) is 59.0 Å². The molecule has 1 unspecified atom stereocenters. The zero-order chi connectivity index (χ0) is 15.8. The Labute approximate surface area is 134 Å². The highest BCUT2D eigenvalue weighted by atomic mass is 16.2. The Morgan fingerprint density at radius 1 is 1.00 bits per heavy atom. The monoisotopic (exact) mass is 304 g/mol. The standard InChI is InChI=1S/C18H16N4O/c1-12-7-5-6-10-14(12)16-20-17-15(18(23)21-16)11-19-22(17)13-8-3-2-4-9-13/h2-11,16,20H,1H3,(H,21,23). The van der Waals surface area contributed by atoms with E-state index in [4.69, 9.17) is 0 Å². The highest BCUT2D eigenvalue weighted by molar-refractivity contribution is 6.01. The molecule has 23 heavy (non-hydrogen) atoms. The average Bonchev–Trinajstić information content (AvgIpc) is 3.00. The Balaban J connectivity index is 1.78. The zero-order valence-corrected chi connectivity index (χ0v) is 12.7. The molecule has 1 aliphatic heterocycles. The van der Waals surface area contributed by atoms with Crippen molar-refractivity contribution in [2.45, 2.75) is 13.1 Å². The Hall–Kier alpha value is -3.08. The molecule has 2 N–H and O–H groups in total. The minimum absolute atomic E-state index is 0.116. The second-order valence-corrected chi connectivity index (χ2v) is 5.56. The minimum atomic E-state index is -0.268. The van der Waals surface area contributed by atoms with Crippen molar-refractivity contribution >= 4 is 11.7 Å². The normalized spacial score (nSPS) is 16.4. The number of nitrogens with one attached hydrogen (secondary N) is 2. The van der Waals surface area contributed by atoms with Crippen molar-refractivity contribution in [1.29, 1.82) is 0 Å². The van der Waals surface area contributed by atoms with Crippen LogP contribution in [0.25, 0.3) is 5.69 Å². The number of benzene rings is 2. The first-order valence-corrected chi connectivity index (χ1v) is 7.50. The van der Waals surface area contributed by atoms with Crippen LogP contribution in [0.5, 0.6) is 0 Å². The molecule has 1 aromatic heterocycles. The van der Waals surface area contributed by atoms with Gasteiger partial charge in [-0.05, 0) is 30.2 Å². The third-order valence-electron chi connectivity index (χ3n) is 4.07. The van der Waals surface area contributed by atoms with Crippen molar-refractivity contribution in [3.05, 3.63) is 77.5 Å². The lowest BCUT2D eigenvalue weighted by Crippen LogP contribution is -2.39. The van der Waals surface area contributed by atoms with Crippen molar-refractivity contribution in [2.24, 2.45) is 0 Å². The van der Waals surface area contributed by atoms with Crippen LogP contribution in [0, 0.1) is 6.92 Å². The molecular formula is C18H16N4O. The molecule has 0 aliphatic carbocycles. The second-order valence-electron chi connectivity index (χ2n) is 5.56. The number of hydrogen-bond donors (Lipinski definition) is 2. The number of nitrogens with zero attached hydrogens (tertiary/aromatic N) is 2. The van der Waals surface area contributed by atoms with Gasteiger partial charge in [0.25, 0.3) is 5.91 Å². The van der Waals surface area contributed by atoms with E-state index >= 15 is 0 Å².